The van der Waals surface area contributed by atoms with Gasteiger partial charge in [0.25, 0.3) is 0 Å². The number of carboxylic acid groups (broad SMARTS) is 1. The Labute approximate surface area is 153 Å². The minimum atomic E-state index is -1.11. The van der Waals surface area contributed by atoms with E-state index in [0.717, 1.165) is 12.1 Å². The second-order valence-corrected chi connectivity index (χ2v) is 6.41. The molecule has 1 N–H and O–H groups in total. The predicted octanol–water partition coefficient (Wildman–Crippen LogP) is 3.76. The van der Waals surface area contributed by atoms with Crippen LogP contribution in [0.5, 0.6) is 11.5 Å². The second-order valence-electron chi connectivity index (χ2n) is 6.41. The number of ether oxygens (including phenoxy) is 2. The lowest BCUT2D eigenvalue weighted by Gasteiger charge is -2.27. The second kappa shape index (κ2) is 6.22. The minimum absolute atomic E-state index is 0.0346. The first-order chi connectivity index (χ1) is 12.8. The van der Waals surface area contributed by atoms with E-state index in [0.29, 0.717) is 23.3 Å². The molecule has 27 heavy (non-hydrogen) atoms. The molecule has 2 heterocycles. The zero-order chi connectivity index (χ0) is 19.3. The van der Waals surface area contributed by atoms with Gasteiger partial charge in [-0.05, 0) is 19.1 Å². The van der Waals surface area contributed by atoms with Crippen molar-refractivity contribution in [1.29, 1.82) is 0 Å². The molecular weight excluding hydrogens is 358 g/mol. The zero-order valence-corrected chi connectivity index (χ0v) is 14.6. The molecule has 3 aromatic rings. The molecule has 0 amide bonds. The van der Waals surface area contributed by atoms with Crippen LogP contribution in [0.4, 0.5) is 8.78 Å². The van der Waals surface area contributed by atoms with Gasteiger partial charge in [0.05, 0.1) is 23.3 Å². The van der Waals surface area contributed by atoms with Gasteiger partial charge in [-0.1, -0.05) is 0 Å². The van der Waals surface area contributed by atoms with Gasteiger partial charge >= 0.3 is 5.97 Å². The highest BCUT2D eigenvalue weighted by molar-refractivity contribution is 5.95. The van der Waals surface area contributed by atoms with Crippen molar-refractivity contribution in [2.75, 3.05) is 6.61 Å². The molecule has 1 unspecified atom stereocenters. The molecule has 0 spiro atoms. The van der Waals surface area contributed by atoms with Gasteiger partial charge in [-0.2, -0.15) is 0 Å². The number of aromatic nitrogens is 2. The fraction of sp³-hybridized carbons (Fsp3) is 0.263. The number of nitrogens with zero attached hydrogens (tertiary/aromatic N) is 2. The summed E-state index contributed by atoms with van der Waals surface area (Å²) in [5.74, 6) is -1.61. The third-order valence-corrected chi connectivity index (χ3v) is 4.71. The van der Waals surface area contributed by atoms with Crippen LogP contribution in [-0.4, -0.2) is 27.2 Å². The van der Waals surface area contributed by atoms with Gasteiger partial charge in [0.2, 0.25) is 0 Å². The van der Waals surface area contributed by atoms with Crippen LogP contribution in [0, 0.1) is 18.6 Å². The van der Waals surface area contributed by atoms with Crippen molar-refractivity contribution in [2.45, 2.75) is 19.4 Å². The SMILES string of the molecule is Cc1nc2c(OC3CCOc4cc(F)cc(F)c43)cc(C(=O)O)cc2n1C. The van der Waals surface area contributed by atoms with E-state index in [1.807, 2.05) is 0 Å². The molecule has 2 aromatic carbocycles. The van der Waals surface area contributed by atoms with Gasteiger partial charge in [0, 0.05) is 25.6 Å². The number of imidazole rings is 1. The molecule has 6 nitrogen and oxygen atoms in total. The molecule has 0 saturated carbocycles. The van der Waals surface area contributed by atoms with Crippen LogP contribution in [0.3, 0.4) is 0 Å². The van der Waals surface area contributed by atoms with Gasteiger partial charge in [-0.25, -0.2) is 18.6 Å². The van der Waals surface area contributed by atoms with Crippen LogP contribution < -0.4 is 9.47 Å². The highest BCUT2D eigenvalue weighted by Gasteiger charge is 2.29. The molecule has 1 atom stereocenters. The quantitative estimate of drug-likeness (QED) is 0.756. The number of halogens is 2. The number of carbonyl (C=O) groups is 1. The molecule has 0 fully saturated rings. The lowest BCUT2D eigenvalue weighted by atomic mass is 10.0. The van der Waals surface area contributed by atoms with E-state index < -0.39 is 23.7 Å². The van der Waals surface area contributed by atoms with Gasteiger partial charge in [-0.15, -0.1) is 0 Å². The number of carboxylic acids is 1. The van der Waals surface area contributed by atoms with E-state index in [2.05, 4.69) is 4.98 Å². The average molecular weight is 374 g/mol. The van der Waals surface area contributed by atoms with Crippen LogP contribution in [-0.2, 0) is 7.05 Å². The number of fused-ring (bicyclic) bond motifs is 2. The van der Waals surface area contributed by atoms with E-state index in [-0.39, 0.29) is 29.2 Å². The normalized spacial score (nSPS) is 16.1. The molecule has 0 saturated heterocycles. The Hall–Kier alpha value is -3.16. The number of benzene rings is 2. The van der Waals surface area contributed by atoms with Crippen LogP contribution in [0.25, 0.3) is 11.0 Å². The Balaban J connectivity index is 1.84. The highest BCUT2D eigenvalue weighted by Crippen LogP contribution is 2.39. The van der Waals surface area contributed by atoms with Gasteiger partial charge in [0.1, 0.15) is 40.6 Å². The first kappa shape index (κ1) is 17.3. The molecule has 1 aliphatic heterocycles. The van der Waals surface area contributed by atoms with Crippen LogP contribution in [0.2, 0.25) is 0 Å². The maximum absolute atomic E-state index is 14.4. The van der Waals surface area contributed by atoms with Crippen LogP contribution in [0.1, 0.15) is 34.3 Å². The Morgan fingerprint density at radius 1 is 1.33 bits per heavy atom. The molecule has 1 aliphatic rings. The summed E-state index contributed by atoms with van der Waals surface area (Å²) in [7, 11) is 1.77. The fourth-order valence-corrected chi connectivity index (χ4v) is 3.27. The summed E-state index contributed by atoms with van der Waals surface area (Å²) in [5, 5.41) is 9.40. The monoisotopic (exact) mass is 374 g/mol. The van der Waals surface area contributed by atoms with Crippen molar-refractivity contribution < 1.29 is 28.2 Å². The van der Waals surface area contributed by atoms with E-state index in [9.17, 15) is 18.7 Å². The van der Waals surface area contributed by atoms with Gasteiger partial charge < -0.3 is 19.1 Å². The topological polar surface area (TPSA) is 73.6 Å². The molecule has 4 rings (SSSR count). The summed E-state index contributed by atoms with van der Waals surface area (Å²) in [4.78, 5) is 15.9. The largest absolute Gasteiger partial charge is 0.493 e. The summed E-state index contributed by atoms with van der Waals surface area (Å²) in [6.07, 6.45) is -0.413. The third-order valence-electron chi connectivity index (χ3n) is 4.71. The molecule has 0 aliphatic carbocycles. The molecule has 8 heteroatoms. The molecule has 0 radical (unpaired) electrons. The lowest BCUT2D eigenvalue weighted by molar-refractivity contribution is 0.0695. The minimum Gasteiger partial charge on any atom is -0.493 e. The van der Waals surface area contributed by atoms with E-state index in [1.54, 1.807) is 18.5 Å². The Kier molecular flexibility index (Phi) is 3.98. The van der Waals surface area contributed by atoms with E-state index in [1.165, 1.54) is 12.1 Å². The number of rotatable bonds is 3. The molecule has 1 aromatic heterocycles. The van der Waals surface area contributed by atoms with Crippen molar-refractivity contribution in [3.05, 3.63) is 52.9 Å². The summed E-state index contributed by atoms with van der Waals surface area (Å²) >= 11 is 0. The molecular formula is C19H16F2N2O4. The maximum Gasteiger partial charge on any atom is 0.335 e. The van der Waals surface area contributed by atoms with Crippen molar-refractivity contribution in [2.24, 2.45) is 7.05 Å². The summed E-state index contributed by atoms with van der Waals surface area (Å²) in [5.41, 5.74) is 1.22. The van der Waals surface area contributed by atoms with Crippen molar-refractivity contribution in [3.8, 4) is 11.5 Å². The van der Waals surface area contributed by atoms with Crippen molar-refractivity contribution in [1.82, 2.24) is 9.55 Å². The van der Waals surface area contributed by atoms with Crippen molar-refractivity contribution in [3.63, 3.8) is 0 Å². The Morgan fingerprint density at radius 2 is 2.11 bits per heavy atom. The van der Waals surface area contributed by atoms with E-state index in [4.69, 9.17) is 9.47 Å². The first-order valence-corrected chi connectivity index (χ1v) is 8.34. The average Bonchev–Trinajstić information content (AvgIpc) is 2.89. The van der Waals surface area contributed by atoms with Crippen molar-refractivity contribution >= 4 is 17.0 Å². The standard InChI is InChI=1S/C19H16F2N2O4/c1-9-22-18-13(23(9)2)5-10(19(24)25)6-16(18)27-14-3-4-26-15-8-11(20)7-12(21)17(14)15/h5-8,14H,3-4H2,1-2H3,(H,24,25). The van der Waals surface area contributed by atoms with Crippen LogP contribution >= 0.6 is 0 Å². The predicted molar refractivity (Wildman–Crippen MR) is 92.2 cm³/mol. The maximum atomic E-state index is 14.4. The summed E-state index contributed by atoms with van der Waals surface area (Å²) in [6, 6.07) is 4.77. The van der Waals surface area contributed by atoms with Crippen LogP contribution in [0.15, 0.2) is 24.3 Å². The molecule has 140 valence electrons. The Morgan fingerprint density at radius 3 is 2.85 bits per heavy atom. The fourth-order valence-electron chi connectivity index (χ4n) is 3.27. The molecule has 0 bridgehead atoms. The smallest absolute Gasteiger partial charge is 0.335 e. The highest BCUT2D eigenvalue weighted by atomic mass is 19.1. The lowest BCUT2D eigenvalue weighted by Crippen LogP contribution is -2.20. The number of aromatic carboxylic acids is 1. The third kappa shape index (κ3) is 2.87. The van der Waals surface area contributed by atoms with Gasteiger partial charge in [-0.3, -0.25) is 0 Å². The number of aryl methyl sites for hydroxylation is 2. The van der Waals surface area contributed by atoms with Gasteiger partial charge in [0.15, 0.2) is 0 Å². The first-order valence-electron chi connectivity index (χ1n) is 8.34. The zero-order valence-electron chi connectivity index (χ0n) is 14.6. The van der Waals surface area contributed by atoms with E-state index >= 15 is 0 Å². The summed E-state index contributed by atoms with van der Waals surface area (Å²) in [6.45, 7) is 2.01. The number of hydrogen-bond donors (Lipinski definition) is 1. The Bertz CT molecular complexity index is 1080. The summed E-state index contributed by atoms with van der Waals surface area (Å²) < 4.78 is 40.9. The number of hydrogen-bond acceptors (Lipinski definition) is 4.